The van der Waals surface area contributed by atoms with E-state index < -0.39 is 9.85 Å². The summed E-state index contributed by atoms with van der Waals surface area (Å²) in [5, 5.41) is 27.3. The lowest BCUT2D eigenvalue weighted by molar-refractivity contribution is -0.393. The quantitative estimate of drug-likeness (QED) is 0.587. The monoisotopic (exact) mass is 344 g/mol. The van der Waals surface area contributed by atoms with Crippen molar-refractivity contribution in [3.05, 3.63) is 73.8 Å². The Morgan fingerprint density at radius 2 is 1.84 bits per heavy atom. The zero-order chi connectivity index (χ0) is 18.4. The van der Waals surface area contributed by atoms with Crippen molar-refractivity contribution in [3.63, 3.8) is 0 Å². The Balaban J connectivity index is 2.08. The predicted octanol–water partition coefficient (Wildman–Crippen LogP) is 2.52. The molecule has 9 nitrogen and oxygen atoms in total. The highest BCUT2D eigenvalue weighted by Crippen LogP contribution is 2.28. The van der Waals surface area contributed by atoms with Crippen LogP contribution in [-0.2, 0) is 6.42 Å². The minimum Gasteiger partial charge on any atom is -0.379 e. The normalized spacial score (nSPS) is 10.1. The fourth-order valence-corrected chi connectivity index (χ4v) is 2.29. The molecular weight excluding hydrogens is 328 g/mol. The van der Waals surface area contributed by atoms with Crippen LogP contribution >= 0.6 is 0 Å². The van der Waals surface area contributed by atoms with E-state index in [0.717, 1.165) is 11.6 Å². The minimum atomic E-state index is -0.680. The summed E-state index contributed by atoms with van der Waals surface area (Å²) in [5.41, 5.74) is 0.932. The molecule has 0 unspecified atom stereocenters. The van der Waals surface area contributed by atoms with Gasteiger partial charge in [0.1, 0.15) is 5.69 Å². The third-order valence-electron chi connectivity index (χ3n) is 3.53. The first-order valence-corrected chi connectivity index (χ1v) is 7.40. The summed E-state index contributed by atoms with van der Waals surface area (Å²) in [6, 6.07) is 10.5. The number of hydrogen-bond acceptors (Lipinski definition) is 6. The first-order chi connectivity index (χ1) is 11.9. The minimum absolute atomic E-state index is 0.194. The summed E-state index contributed by atoms with van der Waals surface area (Å²) < 4.78 is 0. The number of nitro benzene ring substituents is 2. The van der Waals surface area contributed by atoms with Gasteiger partial charge in [-0.25, -0.2) is 0 Å². The highest BCUT2D eigenvalue weighted by atomic mass is 16.6. The van der Waals surface area contributed by atoms with Gasteiger partial charge in [-0.2, -0.15) is 0 Å². The highest BCUT2D eigenvalue weighted by molar-refractivity contribution is 5.94. The lowest BCUT2D eigenvalue weighted by atomic mass is 10.1. The lowest BCUT2D eigenvalue weighted by Gasteiger charge is -2.08. The number of hydrogen-bond donors (Lipinski definition) is 2. The molecule has 25 heavy (non-hydrogen) atoms. The van der Waals surface area contributed by atoms with Crippen molar-refractivity contribution >= 4 is 23.0 Å². The van der Waals surface area contributed by atoms with Gasteiger partial charge in [0.2, 0.25) is 0 Å². The standard InChI is InChI=1S/C16H16N4O5/c1-17-16(21)12-4-2-3-11(9-12)7-8-18-14-6-5-13(19(22)23)10-15(14)20(24)25/h2-6,9-10,18H,7-8H2,1H3,(H,17,21). The maximum Gasteiger partial charge on any atom is 0.299 e. The van der Waals surface area contributed by atoms with E-state index in [4.69, 9.17) is 0 Å². The van der Waals surface area contributed by atoms with Gasteiger partial charge >= 0.3 is 0 Å². The molecule has 130 valence electrons. The maximum absolute atomic E-state index is 11.6. The van der Waals surface area contributed by atoms with Gasteiger partial charge in [0, 0.05) is 25.2 Å². The van der Waals surface area contributed by atoms with Crippen LogP contribution < -0.4 is 10.6 Å². The van der Waals surface area contributed by atoms with Gasteiger partial charge in [-0.05, 0) is 30.2 Å². The molecule has 0 aromatic heterocycles. The Morgan fingerprint density at radius 3 is 2.48 bits per heavy atom. The smallest absolute Gasteiger partial charge is 0.299 e. The summed E-state index contributed by atoms with van der Waals surface area (Å²) in [7, 11) is 1.55. The number of carbonyl (C=O) groups is 1. The van der Waals surface area contributed by atoms with Crippen molar-refractivity contribution in [2.75, 3.05) is 18.9 Å². The largest absolute Gasteiger partial charge is 0.379 e. The molecular formula is C16H16N4O5. The Bertz CT molecular complexity index is 822. The molecule has 0 fully saturated rings. The van der Waals surface area contributed by atoms with Crippen molar-refractivity contribution in [3.8, 4) is 0 Å². The molecule has 9 heteroatoms. The Morgan fingerprint density at radius 1 is 1.08 bits per heavy atom. The average molecular weight is 344 g/mol. The van der Waals surface area contributed by atoms with E-state index in [2.05, 4.69) is 10.6 Å². The number of nitrogens with zero attached hydrogens (tertiary/aromatic N) is 2. The van der Waals surface area contributed by atoms with E-state index in [1.807, 2.05) is 6.07 Å². The first kappa shape index (κ1) is 17.9. The topological polar surface area (TPSA) is 127 Å². The second kappa shape index (κ2) is 7.86. The van der Waals surface area contributed by atoms with Crippen LogP contribution in [-0.4, -0.2) is 29.3 Å². The van der Waals surface area contributed by atoms with Crippen molar-refractivity contribution in [1.29, 1.82) is 0 Å². The third-order valence-corrected chi connectivity index (χ3v) is 3.53. The summed E-state index contributed by atoms with van der Waals surface area (Å²) in [5.74, 6) is -0.194. The van der Waals surface area contributed by atoms with Gasteiger partial charge in [-0.1, -0.05) is 12.1 Å². The molecule has 2 rings (SSSR count). The number of benzene rings is 2. The number of non-ortho nitro benzene ring substituents is 1. The van der Waals surface area contributed by atoms with Crippen LogP contribution in [0.2, 0.25) is 0 Å². The molecule has 1 amide bonds. The molecule has 2 aromatic rings. The zero-order valence-electron chi connectivity index (χ0n) is 13.4. The van der Waals surface area contributed by atoms with Crippen LogP contribution in [0.1, 0.15) is 15.9 Å². The second-order valence-corrected chi connectivity index (χ2v) is 5.17. The van der Waals surface area contributed by atoms with Crippen LogP contribution in [0.5, 0.6) is 0 Å². The van der Waals surface area contributed by atoms with Gasteiger partial charge < -0.3 is 10.6 Å². The zero-order valence-corrected chi connectivity index (χ0v) is 13.4. The summed E-state index contributed by atoms with van der Waals surface area (Å²) in [6.07, 6.45) is 0.527. The Kier molecular flexibility index (Phi) is 5.62. The number of anilines is 1. The molecule has 0 heterocycles. The fourth-order valence-electron chi connectivity index (χ4n) is 2.29. The van der Waals surface area contributed by atoms with Crippen molar-refractivity contribution in [2.45, 2.75) is 6.42 Å². The third kappa shape index (κ3) is 4.50. The molecule has 0 radical (unpaired) electrons. The number of nitrogens with one attached hydrogen (secondary N) is 2. The summed E-state index contributed by atoms with van der Waals surface area (Å²) in [4.78, 5) is 32.1. The van der Waals surface area contributed by atoms with Crippen LogP contribution in [0, 0.1) is 20.2 Å². The first-order valence-electron chi connectivity index (χ1n) is 7.40. The van der Waals surface area contributed by atoms with Crippen molar-refractivity contribution < 1.29 is 14.6 Å². The van der Waals surface area contributed by atoms with Crippen molar-refractivity contribution in [1.82, 2.24) is 5.32 Å². The van der Waals surface area contributed by atoms with Gasteiger partial charge in [0.25, 0.3) is 17.3 Å². The Labute approximate surface area is 143 Å². The molecule has 0 saturated heterocycles. The molecule has 0 saturated carbocycles. The van der Waals surface area contributed by atoms with Crippen LogP contribution in [0.4, 0.5) is 17.1 Å². The number of amides is 1. The number of nitro groups is 2. The number of rotatable bonds is 7. The van der Waals surface area contributed by atoms with Gasteiger partial charge in [0.05, 0.1) is 15.9 Å². The van der Waals surface area contributed by atoms with E-state index in [1.165, 1.54) is 12.1 Å². The molecule has 0 spiro atoms. The van der Waals surface area contributed by atoms with Crippen LogP contribution in [0.15, 0.2) is 42.5 Å². The summed E-state index contributed by atoms with van der Waals surface area (Å²) in [6.45, 7) is 0.371. The molecule has 0 aliphatic heterocycles. The lowest BCUT2D eigenvalue weighted by Crippen LogP contribution is -2.18. The van der Waals surface area contributed by atoms with E-state index in [0.29, 0.717) is 18.5 Å². The molecule has 0 bridgehead atoms. The SMILES string of the molecule is CNC(=O)c1cccc(CCNc2ccc([N+](=O)[O-])cc2[N+](=O)[O-])c1. The second-order valence-electron chi connectivity index (χ2n) is 5.17. The highest BCUT2D eigenvalue weighted by Gasteiger charge is 2.19. The van der Waals surface area contributed by atoms with Crippen LogP contribution in [0.3, 0.4) is 0 Å². The molecule has 0 atom stereocenters. The van der Waals surface area contributed by atoms with Gasteiger partial charge in [-0.3, -0.25) is 25.0 Å². The van der Waals surface area contributed by atoms with E-state index >= 15 is 0 Å². The van der Waals surface area contributed by atoms with E-state index in [9.17, 15) is 25.0 Å². The summed E-state index contributed by atoms with van der Waals surface area (Å²) >= 11 is 0. The predicted molar refractivity (Wildman–Crippen MR) is 91.8 cm³/mol. The van der Waals surface area contributed by atoms with E-state index in [1.54, 1.807) is 25.2 Å². The van der Waals surface area contributed by atoms with Crippen LogP contribution in [0.25, 0.3) is 0 Å². The molecule has 0 aliphatic rings. The van der Waals surface area contributed by atoms with Gasteiger partial charge in [-0.15, -0.1) is 0 Å². The molecule has 0 aliphatic carbocycles. The van der Waals surface area contributed by atoms with E-state index in [-0.39, 0.29) is 23.0 Å². The fraction of sp³-hybridized carbons (Fsp3) is 0.188. The maximum atomic E-state index is 11.6. The number of carbonyl (C=O) groups excluding carboxylic acids is 1. The molecule has 2 N–H and O–H groups in total. The average Bonchev–Trinajstić information content (AvgIpc) is 2.61. The Hall–Kier alpha value is -3.49. The van der Waals surface area contributed by atoms with Crippen molar-refractivity contribution in [2.24, 2.45) is 0 Å². The van der Waals surface area contributed by atoms with Gasteiger partial charge in [0.15, 0.2) is 0 Å². The molecule has 2 aromatic carbocycles.